The SMILES string of the molecule is Cc1nn(CCC(=O)Nc2cc(N)ccc2F)c(C)c1Cl. The fourth-order valence-electron chi connectivity index (χ4n) is 1.95. The van der Waals surface area contributed by atoms with E-state index in [1.807, 2.05) is 6.92 Å². The number of aromatic nitrogens is 2. The quantitative estimate of drug-likeness (QED) is 0.853. The van der Waals surface area contributed by atoms with E-state index in [4.69, 9.17) is 17.3 Å². The first-order valence-corrected chi connectivity index (χ1v) is 6.80. The molecule has 0 aliphatic rings. The molecule has 0 saturated heterocycles. The van der Waals surface area contributed by atoms with E-state index in [-0.39, 0.29) is 18.0 Å². The number of anilines is 2. The first-order valence-electron chi connectivity index (χ1n) is 6.43. The van der Waals surface area contributed by atoms with Crippen LogP contribution in [0.4, 0.5) is 15.8 Å². The molecule has 1 aromatic carbocycles. The maximum absolute atomic E-state index is 13.5. The second-order valence-corrected chi connectivity index (χ2v) is 5.12. The smallest absolute Gasteiger partial charge is 0.226 e. The van der Waals surface area contributed by atoms with Gasteiger partial charge in [-0.3, -0.25) is 9.48 Å². The van der Waals surface area contributed by atoms with Gasteiger partial charge in [0, 0.05) is 12.1 Å². The Hall–Kier alpha value is -2.08. The number of hydrogen-bond acceptors (Lipinski definition) is 3. The third kappa shape index (κ3) is 3.52. The van der Waals surface area contributed by atoms with Crippen LogP contribution in [-0.4, -0.2) is 15.7 Å². The van der Waals surface area contributed by atoms with Gasteiger partial charge < -0.3 is 11.1 Å². The molecular weight excluding hydrogens is 295 g/mol. The average Bonchev–Trinajstić information content (AvgIpc) is 2.68. The molecule has 1 aromatic heterocycles. The number of hydrogen-bond donors (Lipinski definition) is 2. The van der Waals surface area contributed by atoms with Gasteiger partial charge in [0.15, 0.2) is 0 Å². The van der Waals surface area contributed by atoms with E-state index in [2.05, 4.69) is 10.4 Å². The molecule has 21 heavy (non-hydrogen) atoms. The monoisotopic (exact) mass is 310 g/mol. The van der Waals surface area contributed by atoms with Crippen LogP contribution in [0.3, 0.4) is 0 Å². The summed E-state index contributed by atoms with van der Waals surface area (Å²) in [6.07, 6.45) is 0.159. The van der Waals surface area contributed by atoms with Crippen molar-refractivity contribution in [1.82, 2.24) is 9.78 Å². The first kappa shape index (κ1) is 15.3. The molecule has 0 spiro atoms. The molecule has 2 rings (SSSR count). The third-order valence-electron chi connectivity index (χ3n) is 3.11. The molecule has 0 aliphatic heterocycles. The molecule has 112 valence electrons. The van der Waals surface area contributed by atoms with Crippen LogP contribution >= 0.6 is 11.6 Å². The lowest BCUT2D eigenvalue weighted by molar-refractivity contribution is -0.116. The number of nitrogens with one attached hydrogen (secondary N) is 1. The number of amides is 1. The highest BCUT2D eigenvalue weighted by Crippen LogP contribution is 2.20. The summed E-state index contributed by atoms with van der Waals surface area (Å²) in [6, 6.07) is 4.03. The van der Waals surface area contributed by atoms with E-state index < -0.39 is 5.82 Å². The van der Waals surface area contributed by atoms with Crippen molar-refractivity contribution in [2.75, 3.05) is 11.1 Å². The summed E-state index contributed by atoms with van der Waals surface area (Å²) < 4.78 is 15.2. The Bertz CT molecular complexity index is 684. The van der Waals surface area contributed by atoms with E-state index in [1.165, 1.54) is 18.2 Å². The fraction of sp³-hybridized carbons (Fsp3) is 0.286. The van der Waals surface area contributed by atoms with E-state index in [0.29, 0.717) is 17.3 Å². The number of nitrogen functional groups attached to an aromatic ring is 1. The lowest BCUT2D eigenvalue weighted by Crippen LogP contribution is -2.16. The largest absolute Gasteiger partial charge is 0.399 e. The number of carbonyl (C=O) groups is 1. The predicted molar refractivity (Wildman–Crippen MR) is 80.8 cm³/mol. The molecule has 3 N–H and O–H groups in total. The Kier molecular flexibility index (Phi) is 4.47. The van der Waals surface area contributed by atoms with Crippen molar-refractivity contribution in [1.29, 1.82) is 0 Å². The molecule has 0 unspecified atom stereocenters. The minimum absolute atomic E-state index is 0.0754. The fourth-order valence-corrected chi connectivity index (χ4v) is 2.09. The Morgan fingerprint density at radius 2 is 2.19 bits per heavy atom. The summed E-state index contributed by atoms with van der Waals surface area (Å²) in [6.45, 7) is 4.00. The van der Waals surface area contributed by atoms with Crippen molar-refractivity contribution in [3.8, 4) is 0 Å². The van der Waals surface area contributed by atoms with Gasteiger partial charge in [0.2, 0.25) is 5.91 Å². The van der Waals surface area contributed by atoms with Gasteiger partial charge >= 0.3 is 0 Å². The normalized spacial score (nSPS) is 10.7. The van der Waals surface area contributed by atoms with Gasteiger partial charge in [0.25, 0.3) is 0 Å². The summed E-state index contributed by atoms with van der Waals surface area (Å²) in [5, 5.41) is 7.32. The van der Waals surface area contributed by atoms with Gasteiger partial charge in [0.1, 0.15) is 5.82 Å². The Balaban J connectivity index is 1.99. The van der Waals surface area contributed by atoms with Gasteiger partial charge in [0.05, 0.1) is 28.6 Å². The summed E-state index contributed by atoms with van der Waals surface area (Å²) in [5.74, 6) is -0.838. The van der Waals surface area contributed by atoms with Crippen LogP contribution in [0, 0.1) is 19.7 Å². The van der Waals surface area contributed by atoms with Crippen LogP contribution in [0.15, 0.2) is 18.2 Å². The average molecular weight is 311 g/mol. The zero-order valence-electron chi connectivity index (χ0n) is 11.8. The predicted octanol–water partition coefficient (Wildman–Crippen LogP) is 2.90. The number of carbonyl (C=O) groups excluding carboxylic acids is 1. The van der Waals surface area contributed by atoms with Gasteiger partial charge in [-0.2, -0.15) is 5.10 Å². The van der Waals surface area contributed by atoms with Gasteiger partial charge in [-0.1, -0.05) is 11.6 Å². The molecule has 5 nitrogen and oxygen atoms in total. The molecule has 0 radical (unpaired) electrons. The van der Waals surface area contributed by atoms with Gasteiger partial charge in [-0.05, 0) is 32.0 Å². The van der Waals surface area contributed by atoms with E-state index in [1.54, 1.807) is 11.6 Å². The number of halogens is 2. The van der Waals surface area contributed by atoms with Crippen molar-refractivity contribution >= 4 is 28.9 Å². The third-order valence-corrected chi connectivity index (χ3v) is 3.66. The number of nitrogens with zero attached hydrogens (tertiary/aromatic N) is 2. The number of benzene rings is 1. The summed E-state index contributed by atoms with van der Waals surface area (Å²) >= 11 is 6.03. The van der Waals surface area contributed by atoms with Crippen LogP contribution < -0.4 is 11.1 Å². The second-order valence-electron chi connectivity index (χ2n) is 4.75. The van der Waals surface area contributed by atoms with E-state index in [9.17, 15) is 9.18 Å². The molecule has 1 heterocycles. The van der Waals surface area contributed by atoms with Crippen molar-refractivity contribution in [3.63, 3.8) is 0 Å². The van der Waals surface area contributed by atoms with E-state index in [0.717, 1.165) is 11.4 Å². The van der Waals surface area contributed by atoms with Gasteiger partial charge in [-0.15, -0.1) is 0 Å². The Labute approximate surface area is 126 Å². The zero-order valence-corrected chi connectivity index (χ0v) is 12.5. The number of aryl methyl sites for hydroxylation is 2. The maximum atomic E-state index is 13.5. The molecule has 0 atom stereocenters. The molecule has 1 amide bonds. The summed E-state index contributed by atoms with van der Waals surface area (Å²) in [5.41, 5.74) is 7.54. The lowest BCUT2D eigenvalue weighted by atomic mass is 10.2. The molecule has 0 saturated carbocycles. The minimum Gasteiger partial charge on any atom is -0.399 e. The Morgan fingerprint density at radius 3 is 2.81 bits per heavy atom. The molecule has 0 fully saturated rings. The highest BCUT2D eigenvalue weighted by Gasteiger charge is 2.12. The molecule has 7 heteroatoms. The topological polar surface area (TPSA) is 72.9 Å². The Morgan fingerprint density at radius 1 is 1.48 bits per heavy atom. The van der Waals surface area contributed by atoms with Crippen molar-refractivity contribution < 1.29 is 9.18 Å². The van der Waals surface area contributed by atoms with Crippen LogP contribution in [0.2, 0.25) is 5.02 Å². The van der Waals surface area contributed by atoms with Crippen LogP contribution in [0.25, 0.3) is 0 Å². The zero-order chi connectivity index (χ0) is 15.6. The second kappa shape index (κ2) is 6.13. The summed E-state index contributed by atoms with van der Waals surface area (Å²) in [7, 11) is 0. The highest BCUT2D eigenvalue weighted by molar-refractivity contribution is 6.31. The summed E-state index contributed by atoms with van der Waals surface area (Å²) in [4.78, 5) is 11.9. The van der Waals surface area contributed by atoms with E-state index >= 15 is 0 Å². The molecule has 0 aliphatic carbocycles. The standard InChI is InChI=1S/C14H16ClFN4O/c1-8-14(15)9(2)20(19-8)6-5-13(21)18-12-7-10(17)3-4-11(12)16/h3-4,7H,5-6,17H2,1-2H3,(H,18,21). The van der Waals surface area contributed by atoms with Crippen molar-refractivity contribution in [3.05, 3.63) is 40.4 Å². The van der Waals surface area contributed by atoms with Crippen LogP contribution in [0.1, 0.15) is 17.8 Å². The van der Waals surface area contributed by atoms with Crippen LogP contribution in [0.5, 0.6) is 0 Å². The molecular formula is C14H16ClFN4O. The molecule has 0 bridgehead atoms. The van der Waals surface area contributed by atoms with Crippen LogP contribution in [-0.2, 0) is 11.3 Å². The minimum atomic E-state index is -0.522. The lowest BCUT2D eigenvalue weighted by Gasteiger charge is -2.08. The van der Waals surface area contributed by atoms with Crippen molar-refractivity contribution in [2.24, 2.45) is 0 Å². The van der Waals surface area contributed by atoms with Crippen molar-refractivity contribution in [2.45, 2.75) is 26.8 Å². The number of nitrogens with two attached hydrogens (primary N) is 1. The number of rotatable bonds is 4. The maximum Gasteiger partial charge on any atom is 0.226 e. The molecule has 2 aromatic rings. The van der Waals surface area contributed by atoms with Gasteiger partial charge in [-0.25, -0.2) is 4.39 Å². The highest BCUT2D eigenvalue weighted by atomic mass is 35.5. The first-order chi connectivity index (χ1) is 9.88.